The average Bonchev–Trinajstić information content (AvgIpc) is 2.38. The molecule has 0 bridgehead atoms. The fourth-order valence-corrected chi connectivity index (χ4v) is 1.96. The van der Waals surface area contributed by atoms with Crippen LogP contribution in [0.4, 0.5) is 0 Å². The van der Waals surface area contributed by atoms with Crippen LogP contribution in [0.3, 0.4) is 0 Å². The second kappa shape index (κ2) is 5.61. The minimum Gasteiger partial charge on any atom is -0.469 e. The van der Waals surface area contributed by atoms with Crippen molar-refractivity contribution in [3.8, 4) is 11.3 Å². The molecule has 2 rings (SSSR count). The number of pyridine rings is 2. The van der Waals surface area contributed by atoms with Gasteiger partial charge in [0.2, 0.25) is 0 Å². The van der Waals surface area contributed by atoms with Crippen molar-refractivity contribution >= 4 is 5.97 Å². The number of methoxy groups -OCH3 is 1. The quantitative estimate of drug-likeness (QED) is 0.792. The Labute approximate surface area is 112 Å². The van der Waals surface area contributed by atoms with Crippen LogP contribution in [-0.4, -0.2) is 23.0 Å². The molecule has 19 heavy (non-hydrogen) atoms. The highest BCUT2D eigenvalue weighted by Crippen LogP contribution is 2.21. The lowest BCUT2D eigenvalue weighted by molar-refractivity contribution is -0.139. The molecule has 0 aliphatic carbocycles. The Balaban J connectivity index is 2.32. The Hall–Kier alpha value is -2.23. The Morgan fingerprint density at radius 3 is 2.68 bits per heavy atom. The summed E-state index contributed by atoms with van der Waals surface area (Å²) >= 11 is 0. The first kappa shape index (κ1) is 13.2. The Morgan fingerprint density at radius 2 is 2.05 bits per heavy atom. The molecule has 0 saturated heterocycles. The summed E-state index contributed by atoms with van der Waals surface area (Å²) in [4.78, 5) is 19.8. The van der Waals surface area contributed by atoms with Crippen LogP contribution in [0, 0.1) is 13.8 Å². The van der Waals surface area contributed by atoms with Crippen LogP contribution in [0.5, 0.6) is 0 Å². The minimum atomic E-state index is -0.256. The third-order valence-corrected chi connectivity index (χ3v) is 2.88. The van der Waals surface area contributed by atoms with Crippen LogP contribution in [0.2, 0.25) is 0 Å². The molecule has 98 valence electrons. The molecule has 4 heteroatoms. The first-order valence-corrected chi connectivity index (χ1v) is 6.05. The lowest BCUT2D eigenvalue weighted by Crippen LogP contribution is -2.05. The third kappa shape index (κ3) is 3.16. The molecule has 0 aliphatic rings. The molecule has 0 atom stereocenters. The standard InChI is InChI=1S/C15H16N2O2/c1-10-6-12(8-14(18)19-3)9-17-15(10)13-4-5-16-11(2)7-13/h4-7,9H,8H2,1-3H3. The summed E-state index contributed by atoms with van der Waals surface area (Å²) < 4.78 is 4.65. The fourth-order valence-electron chi connectivity index (χ4n) is 1.96. The average molecular weight is 256 g/mol. The highest BCUT2D eigenvalue weighted by molar-refractivity contribution is 5.73. The molecule has 0 spiro atoms. The summed E-state index contributed by atoms with van der Waals surface area (Å²) in [5.74, 6) is -0.256. The van der Waals surface area contributed by atoms with Gasteiger partial charge in [-0.3, -0.25) is 14.8 Å². The number of nitrogens with zero attached hydrogens (tertiary/aromatic N) is 2. The van der Waals surface area contributed by atoms with Crippen molar-refractivity contribution in [1.29, 1.82) is 0 Å². The van der Waals surface area contributed by atoms with Crippen molar-refractivity contribution in [3.63, 3.8) is 0 Å². The number of hydrogen-bond acceptors (Lipinski definition) is 4. The number of rotatable bonds is 3. The predicted molar refractivity (Wildman–Crippen MR) is 72.7 cm³/mol. The van der Waals surface area contributed by atoms with Gasteiger partial charge < -0.3 is 4.74 Å². The van der Waals surface area contributed by atoms with E-state index >= 15 is 0 Å². The van der Waals surface area contributed by atoms with E-state index in [4.69, 9.17) is 0 Å². The molecule has 0 radical (unpaired) electrons. The van der Waals surface area contributed by atoms with Crippen LogP contribution in [0.15, 0.2) is 30.6 Å². The Morgan fingerprint density at radius 1 is 1.26 bits per heavy atom. The summed E-state index contributed by atoms with van der Waals surface area (Å²) in [6.07, 6.45) is 3.74. The number of aryl methyl sites for hydroxylation is 2. The van der Waals surface area contributed by atoms with Crippen molar-refractivity contribution < 1.29 is 9.53 Å². The molecule has 0 N–H and O–H groups in total. The van der Waals surface area contributed by atoms with E-state index in [1.807, 2.05) is 32.0 Å². The zero-order valence-electron chi connectivity index (χ0n) is 11.3. The van der Waals surface area contributed by atoms with E-state index in [9.17, 15) is 4.79 Å². The van der Waals surface area contributed by atoms with Crippen molar-refractivity contribution in [2.45, 2.75) is 20.3 Å². The molecule has 2 heterocycles. The van der Waals surface area contributed by atoms with Crippen LogP contribution in [0.25, 0.3) is 11.3 Å². The van der Waals surface area contributed by atoms with E-state index in [2.05, 4.69) is 14.7 Å². The van der Waals surface area contributed by atoms with Gasteiger partial charge in [-0.05, 0) is 37.1 Å². The van der Waals surface area contributed by atoms with E-state index in [1.165, 1.54) is 7.11 Å². The molecule has 2 aromatic rings. The smallest absolute Gasteiger partial charge is 0.310 e. The predicted octanol–water partition coefficient (Wildman–Crippen LogP) is 2.48. The summed E-state index contributed by atoms with van der Waals surface area (Å²) in [7, 11) is 1.39. The van der Waals surface area contributed by atoms with Gasteiger partial charge in [-0.1, -0.05) is 6.07 Å². The molecule has 0 saturated carbocycles. The molecule has 0 aliphatic heterocycles. The monoisotopic (exact) mass is 256 g/mol. The van der Waals surface area contributed by atoms with E-state index in [0.717, 1.165) is 28.1 Å². The molecular formula is C15H16N2O2. The number of hydrogen-bond donors (Lipinski definition) is 0. The van der Waals surface area contributed by atoms with Gasteiger partial charge in [0.05, 0.1) is 19.2 Å². The van der Waals surface area contributed by atoms with E-state index in [0.29, 0.717) is 0 Å². The number of carbonyl (C=O) groups is 1. The van der Waals surface area contributed by atoms with Gasteiger partial charge in [-0.25, -0.2) is 0 Å². The second-order valence-electron chi connectivity index (χ2n) is 4.45. The summed E-state index contributed by atoms with van der Waals surface area (Å²) in [6, 6.07) is 5.90. The minimum absolute atomic E-state index is 0.250. The molecule has 2 aromatic heterocycles. The van der Waals surface area contributed by atoms with E-state index < -0.39 is 0 Å². The van der Waals surface area contributed by atoms with Crippen LogP contribution >= 0.6 is 0 Å². The molecule has 0 unspecified atom stereocenters. The van der Waals surface area contributed by atoms with Gasteiger partial charge in [-0.15, -0.1) is 0 Å². The van der Waals surface area contributed by atoms with Crippen LogP contribution in [-0.2, 0) is 16.0 Å². The van der Waals surface area contributed by atoms with Gasteiger partial charge in [0.15, 0.2) is 0 Å². The van der Waals surface area contributed by atoms with Gasteiger partial charge in [-0.2, -0.15) is 0 Å². The van der Waals surface area contributed by atoms with Crippen molar-refractivity contribution in [2.75, 3.05) is 7.11 Å². The molecule has 0 fully saturated rings. The topological polar surface area (TPSA) is 52.1 Å². The van der Waals surface area contributed by atoms with E-state index in [-0.39, 0.29) is 12.4 Å². The Kier molecular flexibility index (Phi) is 3.90. The maximum Gasteiger partial charge on any atom is 0.310 e. The molecular weight excluding hydrogens is 240 g/mol. The number of ether oxygens (including phenoxy) is 1. The van der Waals surface area contributed by atoms with Crippen molar-refractivity contribution in [1.82, 2.24) is 9.97 Å². The first-order valence-electron chi connectivity index (χ1n) is 6.05. The van der Waals surface area contributed by atoms with Crippen LogP contribution in [0.1, 0.15) is 16.8 Å². The van der Waals surface area contributed by atoms with Crippen molar-refractivity contribution in [3.05, 3.63) is 47.4 Å². The highest BCUT2D eigenvalue weighted by atomic mass is 16.5. The summed E-state index contributed by atoms with van der Waals surface area (Å²) in [5, 5.41) is 0. The van der Waals surface area contributed by atoms with Gasteiger partial charge in [0.25, 0.3) is 0 Å². The second-order valence-corrected chi connectivity index (χ2v) is 4.45. The number of esters is 1. The van der Waals surface area contributed by atoms with Gasteiger partial charge in [0, 0.05) is 23.7 Å². The molecule has 0 amide bonds. The lowest BCUT2D eigenvalue weighted by atomic mass is 10.0. The molecule has 4 nitrogen and oxygen atoms in total. The third-order valence-electron chi connectivity index (χ3n) is 2.88. The van der Waals surface area contributed by atoms with Gasteiger partial charge in [0.1, 0.15) is 0 Å². The number of carbonyl (C=O) groups excluding carboxylic acids is 1. The normalized spacial score (nSPS) is 10.3. The highest BCUT2D eigenvalue weighted by Gasteiger charge is 2.08. The maximum atomic E-state index is 11.2. The van der Waals surface area contributed by atoms with Crippen molar-refractivity contribution in [2.24, 2.45) is 0 Å². The zero-order valence-corrected chi connectivity index (χ0v) is 11.3. The number of aromatic nitrogens is 2. The fraction of sp³-hybridized carbons (Fsp3) is 0.267. The van der Waals surface area contributed by atoms with Gasteiger partial charge >= 0.3 is 5.97 Å². The Bertz CT molecular complexity index is 609. The SMILES string of the molecule is COC(=O)Cc1cnc(-c2ccnc(C)c2)c(C)c1. The zero-order chi connectivity index (χ0) is 13.8. The summed E-state index contributed by atoms with van der Waals surface area (Å²) in [5.41, 5.74) is 4.80. The first-order chi connectivity index (χ1) is 9.10. The van der Waals surface area contributed by atoms with E-state index in [1.54, 1.807) is 12.4 Å². The summed E-state index contributed by atoms with van der Waals surface area (Å²) in [6.45, 7) is 3.93. The maximum absolute atomic E-state index is 11.2. The van der Waals surface area contributed by atoms with Crippen LogP contribution < -0.4 is 0 Å². The lowest BCUT2D eigenvalue weighted by Gasteiger charge is -2.08. The largest absolute Gasteiger partial charge is 0.469 e. The molecule has 0 aromatic carbocycles.